The molecule has 1 unspecified atom stereocenters. The van der Waals surface area contributed by atoms with E-state index in [1.54, 1.807) is 12.1 Å². The van der Waals surface area contributed by atoms with E-state index >= 15 is 0 Å². The standard InChI is InChI=1S/C15H14ClF3N2/c16-15-10(2-1-3-13(15)18)8-11(21-20)6-9-4-5-12(17)14(19)7-9/h1-5,7,11,21H,6,8,20H2. The molecule has 0 amide bonds. The molecule has 0 spiro atoms. The Bertz CT molecular complexity index is 634. The van der Waals surface area contributed by atoms with Crippen LogP contribution in [0.3, 0.4) is 0 Å². The zero-order valence-electron chi connectivity index (χ0n) is 11.0. The third kappa shape index (κ3) is 3.97. The molecule has 0 aromatic heterocycles. The lowest BCUT2D eigenvalue weighted by molar-refractivity contribution is 0.497. The molecule has 112 valence electrons. The fourth-order valence-corrected chi connectivity index (χ4v) is 2.32. The van der Waals surface area contributed by atoms with Gasteiger partial charge in [-0.2, -0.15) is 0 Å². The lowest BCUT2D eigenvalue weighted by atomic mass is 9.99. The molecule has 2 aromatic rings. The van der Waals surface area contributed by atoms with Crippen LogP contribution in [-0.4, -0.2) is 6.04 Å². The highest BCUT2D eigenvalue weighted by Gasteiger charge is 2.14. The Morgan fingerprint density at radius 1 is 1.00 bits per heavy atom. The predicted octanol–water partition coefficient (Wildman–Crippen LogP) is 3.37. The highest BCUT2D eigenvalue weighted by atomic mass is 35.5. The highest BCUT2D eigenvalue weighted by Crippen LogP contribution is 2.22. The first-order valence-corrected chi connectivity index (χ1v) is 6.72. The summed E-state index contributed by atoms with van der Waals surface area (Å²) in [5, 5.41) is 0.0445. The molecule has 0 saturated carbocycles. The van der Waals surface area contributed by atoms with Crippen LogP contribution in [0.2, 0.25) is 5.02 Å². The van der Waals surface area contributed by atoms with E-state index < -0.39 is 17.5 Å². The lowest BCUT2D eigenvalue weighted by Gasteiger charge is -2.17. The minimum Gasteiger partial charge on any atom is -0.271 e. The number of hydrogen-bond acceptors (Lipinski definition) is 2. The van der Waals surface area contributed by atoms with Crippen LogP contribution in [0.15, 0.2) is 36.4 Å². The average Bonchev–Trinajstić information content (AvgIpc) is 2.47. The molecular weight excluding hydrogens is 301 g/mol. The summed E-state index contributed by atoms with van der Waals surface area (Å²) >= 11 is 5.89. The number of hydrazine groups is 1. The summed E-state index contributed by atoms with van der Waals surface area (Å²) in [6.45, 7) is 0. The second-order valence-electron chi connectivity index (χ2n) is 4.73. The molecule has 0 aliphatic rings. The van der Waals surface area contributed by atoms with E-state index in [9.17, 15) is 13.2 Å². The fraction of sp³-hybridized carbons (Fsp3) is 0.200. The summed E-state index contributed by atoms with van der Waals surface area (Å²) in [7, 11) is 0. The number of nitrogens with one attached hydrogen (secondary N) is 1. The summed E-state index contributed by atoms with van der Waals surface area (Å²) < 4.78 is 39.5. The van der Waals surface area contributed by atoms with E-state index in [0.717, 1.165) is 12.1 Å². The summed E-state index contributed by atoms with van der Waals surface area (Å²) in [4.78, 5) is 0. The van der Waals surface area contributed by atoms with Crippen molar-refractivity contribution in [2.45, 2.75) is 18.9 Å². The van der Waals surface area contributed by atoms with Crippen LogP contribution in [0.5, 0.6) is 0 Å². The monoisotopic (exact) mass is 314 g/mol. The second-order valence-corrected chi connectivity index (χ2v) is 5.11. The molecule has 0 aliphatic heterocycles. The van der Waals surface area contributed by atoms with Gasteiger partial charge in [0.2, 0.25) is 0 Å². The van der Waals surface area contributed by atoms with Crippen molar-refractivity contribution in [3.8, 4) is 0 Å². The van der Waals surface area contributed by atoms with Crippen molar-refractivity contribution in [2.24, 2.45) is 5.84 Å². The molecular formula is C15H14ClF3N2. The minimum absolute atomic E-state index is 0.0445. The van der Waals surface area contributed by atoms with E-state index in [1.165, 1.54) is 12.1 Å². The van der Waals surface area contributed by atoms with E-state index in [-0.39, 0.29) is 11.1 Å². The number of hydrogen-bond donors (Lipinski definition) is 2. The summed E-state index contributed by atoms with van der Waals surface area (Å²) in [5.41, 5.74) is 3.77. The van der Waals surface area contributed by atoms with Crippen LogP contribution >= 0.6 is 11.6 Å². The van der Waals surface area contributed by atoms with Crippen molar-refractivity contribution < 1.29 is 13.2 Å². The maximum absolute atomic E-state index is 13.4. The molecule has 0 fully saturated rings. The van der Waals surface area contributed by atoms with E-state index in [0.29, 0.717) is 24.0 Å². The van der Waals surface area contributed by atoms with Crippen LogP contribution < -0.4 is 11.3 Å². The molecule has 1 atom stereocenters. The molecule has 0 saturated heterocycles. The Labute approximate surface area is 125 Å². The Morgan fingerprint density at radius 2 is 1.76 bits per heavy atom. The average molecular weight is 315 g/mol. The number of halogens is 4. The van der Waals surface area contributed by atoms with Crippen molar-refractivity contribution in [1.82, 2.24) is 5.43 Å². The first kappa shape index (κ1) is 15.8. The van der Waals surface area contributed by atoms with Crippen molar-refractivity contribution in [3.63, 3.8) is 0 Å². The fourth-order valence-electron chi connectivity index (χ4n) is 2.11. The summed E-state index contributed by atoms with van der Waals surface area (Å²) in [6, 6.07) is 7.90. The third-order valence-electron chi connectivity index (χ3n) is 3.20. The molecule has 21 heavy (non-hydrogen) atoms. The maximum atomic E-state index is 13.4. The molecule has 0 heterocycles. The van der Waals surface area contributed by atoms with Gasteiger partial charge < -0.3 is 0 Å². The van der Waals surface area contributed by atoms with Gasteiger partial charge in [0.25, 0.3) is 0 Å². The smallest absolute Gasteiger partial charge is 0.159 e. The van der Waals surface area contributed by atoms with Crippen molar-refractivity contribution in [3.05, 3.63) is 70.0 Å². The van der Waals surface area contributed by atoms with E-state index in [2.05, 4.69) is 5.43 Å². The highest BCUT2D eigenvalue weighted by molar-refractivity contribution is 6.31. The van der Waals surface area contributed by atoms with Gasteiger partial charge in [0.15, 0.2) is 11.6 Å². The summed E-state index contributed by atoms with van der Waals surface area (Å²) in [6.07, 6.45) is 0.729. The topological polar surface area (TPSA) is 38.0 Å². The SMILES string of the molecule is NNC(Cc1ccc(F)c(F)c1)Cc1cccc(F)c1Cl. The van der Waals surface area contributed by atoms with Gasteiger partial charge in [0.05, 0.1) is 5.02 Å². The van der Waals surface area contributed by atoms with E-state index in [1.807, 2.05) is 0 Å². The third-order valence-corrected chi connectivity index (χ3v) is 3.62. The first-order valence-electron chi connectivity index (χ1n) is 6.34. The van der Waals surface area contributed by atoms with Gasteiger partial charge in [0, 0.05) is 6.04 Å². The van der Waals surface area contributed by atoms with Gasteiger partial charge in [-0.25, -0.2) is 13.2 Å². The Balaban J connectivity index is 2.13. The molecule has 3 N–H and O–H groups in total. The molecule has 0 bridgehead atoms. The van der Waals surface area contributed by atoms with Gasteiger partial charge in [0.1, 0.15) is 5.82 Å². The van der Waals surface area contributed by atoms with Gasteiger partial charge in [-0.05, 0) is 42.2 Å². The van der Waals surface area contributed by atoms with Gasteiger partial charge in [-0.1, -0.05) is 29.8 Å². The van der Waals surface area contributed by atoms with Crippen molar-refractivity contribution in [1.29, 1.82) is 0 Å². The number of nitrogens with two attached hydrogens (primary N) is 1. The molecule has 6 heteroatoms. The van der Waals surface area contributed by atoms with Crippen LogP contribution in [0.4, 0.5) is 13.2 Å². The van der Waals surface area contributed by atoms with Gasteiger partial charge >= 0.3 is 0 Å². The van der Waals surface area contributed by atoms with Crippen LogP contribution in [0.25, 0.3) is 0 Å². The quantitative estimate of drug-likeness (QED) is 0.656. The lowest BCUT2D eigenvalue weighted by Crippen LogP contribution is -2.38. The Morgan fingerprint density at radius 3 is 2.43 bits per heavy atom. The first-order chi connectivity index (χ1) is 10.0. The molecule has 0 aliphatic carbocycles. The summed E-state index contributed by atoms with van der Waals surface area (Å²) in [5.74, 6) is 3.16. The molecule has 2 aromatic carbocycles. The molecule has 0 radical (unpaired) electrons. The Kier molecular flexibility index (Phi) is 5.22. The normalized spacial score (nSPS) is 12.4. The van der Waals surface area contributed by atoms with Gasteiger partial charge in [-0.3, -0.25) is 11.3 Å². The van der Waals surface area contributed by atoms with Crippen molar-refractivity contribution >= 4 is 11.6 Å². The largest absolute Gasteiger partial charge is 0.271 e. The number of rotatable bonds is 5. The van der Waals surface area contributed by atoms with Crippen LogP contribution in [0.1, 0.15) is 11.1 Å². The maximum Gasteiger partial charge on any atom is 0.159 e. The van der Waals surface area contributed by atoms with Crippen LogP contribution in [-0.2, 0) is 12.8 Å². The molecule has 2 rings (SSSR count). The van der Waals surface area contributed by atoms with Crippen molar-refractivity contribution in [2.75, 3.05) is 0 Å². The second kappa shape index (κ2) is 6.93. The molecule has 2 nitrogen and oxygen atoms in total. The zero-order chi connectivity index (χ0) is 15.4. The zero-order valence-corrected chi connectivity index (χ0v) is 11.8. The van der Waals surface area contributed by atoms with Gasteiger partial charge in [-0.15, -0.1) is 0 Å². The Hall–Kier alpha value is -1.56. The minimum atomic E-state index is -0.910. The number of benzene rings is 2. The predicted molar refractivity (Wildman–Crippen MR) is 76.3 cm³/mol. The van der Waals surface area contributed by atoms with Crippen LogP contribution in [0, 0.1) is 17.5 Å². The van der Waals surface area contributed by atoms with E-state index in [4.69, 9.17) is 17.4 Å².